The molecule has 4 heteroatoms. The topological polar surface area (TPSA) is 33.7 Å². The Balaban J connectivity index is 1.48. The van der Waals surface area contributed by atoms with Crippen LogP contribution in [0.5, 0.6) is 11.5 Å². The molecule has 0 atom stereocenters. The zero-order valence-electron chi connectivity index (χ0n) is 12.2. The summed E-state index contributed by atoms with van der Waals surface area (Å²) >= 11 is 0. The Kier molecular flexibility index (Phi) is 4.43. The zero-order chi connectivity index (χ0) is 13.8. The molecule has 0 unspecified atom stereocenters. The van der Waals surface area contributed by atoms with Gasteiger partial charge in [0, 0.05) is 31.2 Å². The Morgan fingerprint density at radius 2 is 2.10 bits per heavy atom. The fraction of sp³-hybridized carbons (Fsp3) is 0.625. The van der Waals surface area contributed by atoms with E-state index in [-0.39, 0.29) is 0 Å². The minimum Gasteiger partial charge on any atom is -0.486 e. The van der Waals surface area contributed by atoms with E-state index in [1.54, 1.807) is 0 Å². The number of nitrogens with one attached hydrogen (secondary N) is 1. The Morgan fingerprint density at radius 3 is 2.90 bits per heavy atom. The molecule has 4 nitrogen and oxygen atoms in total. The van der Waals surface area contributed by atoms with Crippen molar-refractivity contribution in [2.24, 2.45) is 0 Å². The third-order valence-electron chi connectivity index (χ3n) is 4.01. The van der Waals surface area contributed by atoms with Crippen LogP contribution in [0.2, 0.25) is 0 Å². The highest BCUT2D eigenvalue weighted by molar-refractivity contribution is 5.47. The second kappa shape index (κ2) is 6.46. The first-order valence-corrected chi connectivity index (χ1v) is 7.70. The molecule has 0 spiro atoms. The van der Waals surface area contributed by atoms with Gasteiger partial charge in [-0.15, -0.1) is 0 Å². The van der Waals surface area contributed by atoms with Crippen molar-refractivity contribution in [3.63, 3.8) is 0 Å². The van der Waals surface area contributed by atoms with Gasteiger partial charge < -0.3 is 14.8 Å². The van der Waals surface area contributed by atoms with Crippen molar-refractivity contribution in [3.8, 4) is 11.5 Å². The molecule has 0 radical (unpaired) electrons. The molecule has 1 aromatic rings. The quantitative estimate of drug-likeness (QED) is 0.773. The molecule has 20 heavy (non-hydrogen) atoms. The van der Waals surface area contributed by atoms with Gasteiger partial charge in [0.15, 0.2) is 11.5 Å². The summed E-state index contributed by atoms with van der Waals surface area (Å²) in [6, 6.07) is 6.97. The second-order valence-corrected chi connectivity index (χ2v) is 5.48. The SMILES string of the molecule is CCN(CCNCc1cccc2c1OCCO2)C1CC1. The number of nitrogens with zero attached hydrogens (tertiary/aromatic N) is 1. The smallest absolute Gasteiger partial charge is 0.165 e. The lowest BCUT2D eigenvalue weighted by atomic mass is 10.1. The summed E-state index contributed by atoms with van der Waals surface area (Å²) in [5.41, 5.74) is 1.19. The number of ether oxygens (including phenoxy) is 2. The Morgan fingerprint density at radius 1 is 1.25 bits per heavy atom. The maximum absolute atomic E-state index is 5.73. The maximum atomic E-state index is 5.73. The first-order chi connectivity index (χ1) is 9.88. The fourth-order valence-electron chi connectivity index (χ4n) is 2.76. The van der Waals surface area contributed by atoms with E-state index in [2.05, 4.69) is 23.2 Å². The number of fused-ring (bicyclic) bond motifs is 1. The van der Waals surface area contributed by atoms with Gasteiger partial charge in [-0.05, 0) is 25.5 Å². The molecule has 0 saturated heterocycles. The largest absolute Gasteiger partial charge is 0.486 e. The van der Waals surface area contributed by atoms with Gasteiger partial charge in [-0.2, -0.15) is 0 Å². The van der Waals surface area contributed by atoms with Crippen molar-refractivity contribution in [2.75, 3.05) is 32.8 Å². The van der Waals surface area contributed by atoms with Crippen molar-refractivity contribution < 1.29 is 9.47 Å². The molecule has 1 fully saturated rings. The number of likely N-dealkylation sites (N-methyl/N-ethyl adjacent to an activating group) is 1. The van der Waals surface area contributed by atoms with Gasteiger partial charge in [-0.3, -0.25) is 4.90 Å². The maximum Gasteiger partial charge on any atom is 0.165 e. The van der Waals surface area contributed by atoms with Crippen molar-refractivity contribution >= 4 is 0 Å². The predicted molar refractivity (Wildman–Crippen MR) is 79.4 cm³/mol. The van der Waals surface area contributed by atoms with Crippen LogP contribution >= 0.6 is 0 Å². The van der Waals surface area contributed by atoms with Crippen molar-refractivity contribution in [3.05, 3.63) is 23.8 Å². The lowest BCUT2D eigenvalue weighted by molar-refractivity contribution is 0.169. The highest BCUT2D eigenvalue weighted by Crippen LogP contribution is 2.33. The highest BCUT2D eigenvalue weighted by Gasteiger charge is 2.27. The van der Waals surface area contributed by atoms with Gasteiger partial charge >= 0.3 is 0 Å². The minimum atomic E-state index is 0.648. The molecule has 110 valence electrons. The van der Waals surface area contributed by atoms with E-state index < -0.39 is 0 Å². The summed E-state index contributed by atoms with van der Waals surface area (Å²) in [6.45, 7) is 7.70. The van der Waals surface area contributed by atoms with Gasteiger partial charge in [0.2, 0.25) is 0 Å². The third kappa shape index (κ3) is 3.25. The van der Waals surface area contributed by atoms with E-state index >= 15 is 0 Å². The second-order valence-electron chi connectivity index (χ2n) is 5.48. The van der Waals surface area contributed by atoms with Crippen molar-refractivity contribution in [2.45, 2.75) is 32.4 Å². The van der Waals surface area contributed by atoms with Crippen LogP contribution in [0.3, 0.4) is 0 Å². The monoisotopic (exact) mass is 276 g/mol. The van der Waals surface area contributed by atoms with Crippen molar-refractivity contribution in [1.29, 1.82) is 0 Å². The third-order valence-corrected chi connectivity index (χ3v) is 4.01. The van der Waals surface area contributed by atoms with Crippen molar-refractivity contribution in [1.82, 2.24) is 10.2 Å². The first kappa shape index (κ1) is 13.7. The molecule has 0 amide bonds. The van der Waals surface area contributed by atoms with E-state index in [1.807, 2.05) is 12.1 Å². The van der Waals surface area contributed by atoms with Crippen LogP contribution in [0.25, 0.3) is 0 Å². The number of hydrogen-bond donors (Lipinski definition) is 1. The van der Waals surface area contributed by atoms with E-state index in [0.29, 0.717) is 13.2 Å². The molecule has 2 aliphatic rings. The molecule has 0 bridgehead atoms. The van der Waals surface area contributed by atoms with Crippen LogP contribution in [0.1, 0.15) is 25.3 Å². The Labute approximate surface area is 121 Å². The summed E-state index contributed by atoms with van der Waals surface area (Å²) in [5, 5.41) is 3.52. The van der Waals surface area contributed by atoms with Gasteiger partial charge in [0.05, 0.1) is 0 Å². The molecule has 0 aromatic heterocycles. The molecular formula is C16H24N2O2. The molecule has 1 aliphatic heterocycles. The van der Waals surface area contributed by atoms with Crippen LogP contribution in [-0.2, 0) is 6.54 Å². The number of benzene rings is 1. The predicted octanol–water partition coefficient (Wildman–Crippen LogP) is 2.03. The summed E-state index contributed by atoms with van der Waals surface area (Å²) in [7, 11) is 0. The van der Waals surface area contributed by atoms with Crippen LogP contribution < -0.4 is 14.8 Å². The number of rotatable bonds is 7. The van der Waals surface area contributed by atoms with E-state index in [4.69, 9.17) is 9.47 Å². The minimum absolute atomic E-state index is 0.648. The Hall–Kier alpha value is -1.26. The number of hydrogen-bond acceptors (Lipinski definition) is 4. The fourth-order valence-corrected chi connectivity index (χ4v) is 2.76. The van der Waals surface area contributed by atoms with E-state index in [1.165, 1.54) is 18.4 Å². The molecule has 3 rings (SSSR count). The summed E-state index contributed by atoms with van der Waals surface area (Å²) < 4.78 is 11.3. The van der Waals surface area contributed by atoms with Crippen LogP contribution in [-0.4, -0.2) is 43.8 Å². The summed E-state index contributed by atoms with van der Waals surface area (Å²) in [6.07, 6.45) is 2.76. The average molecular weight is 276 g/mol. The van der Waals surface area contributed by atoms with Crippen LogP contribution in [0, 0.1) is 0 Å². The average Bonchev–Trinajstić information content (AvgIpc) is 3.32. The van der Waals surface area contributed by atoms with E-state index in [9.17, 15) is 0 Å². The highest BCUT2D eigenvalue weighted by atomic mass is 16.6. The zero-order valence-corrected chi connectivity index (χ0v) is 12.2. The molecular weight excluding hydrogens is 252 g/mol. The lowest BCUT2D eigenvalue weighted by Crippen LogP contribution is -2.33. The molecule has 1 aromatic carbocycles. The van der Waals surface area contributed by atoms with E-state index in [0.717, 1.165) is 43.7 Å². The van der Waals surface area contributed by atoms with Crippen LogP contribution in [0.15, 0.2) is 18.2 Å². The first-order valence-electron chi connectivity index (χ1n) is 7.70. The molecule has 1 saturated carbocycles. The lowest BCUT2D eigenvalue weighted by Gasteiger charge is -2.22. The molecule has 1 heterocycles. The van der Waals surface area contributed by atoms with Crippen LogP contribution in [0.4, 0.5) is 0 Å². The normalized spacial score (nSPS) is 17.5. The Bertz CT molecular complexity index is 446. The summed E-state index contributed by atoms with van der Waals surface area (Å²) in [4.78, 5) is 2.56. The van der Waals surface area contributed by atoms with Gasteiger partial charge in [-0.25, -0.2) is 0 Å². The van der Waals surface area contributed by atoms with Gasteiger partial charge in [0.25, 0.3) is 0 Å². The number of para-hydroxylation sites is 1. The molecule has 1 N–H and O–H groups in total. The standard InChI is InChI=1S/C16H24N2O2/c1-2-18(14-6-7-14)9-8-17-12-13-4-3-5-15-16(13)20-11-10-19-15/h3-5,14,17H,2,6-12H2,1H3. The summed E-state index contributed by atoms with van der Waals surface area (Å²) in [5.74, 6) is 1.80. The van der Waals surface area contributed by atoms with Gasteiger partial charge in [-0.1, -0.05) is 19.1 Å². The molecule has 1 aliphatic carbocycles. The van der Waals surface area contributed by atoms with Gasteiger partial charge in [0.1, 0.15) is 13.2 Å².